The van der Waals surface area contributed by atoms with Crippen LogP contribution in [0, 0.1) is 0 Å². The predicted octanol–water partition coefficient (Wildman–Crippen LogP) is 3.33. The molecule has 2 aromatic heterocycles. The van der Waals surface area contributed by atoms with Crippen molar-refractivity contribution in [1.82, 2.24) is 9.97 Å². The Hall–Kier alpha value is -1.69. The van der Waals surface area contributed by atoms with Gasteiger partial charge in [-0.1, -0.05) is 6.42 Å². The molecule has 0 amide bonds. The molecule has 1 aliphatic rings. The largest absolute Gasteiger partial charge is 0.469 e. The molecular weight excluding hydrogens is 298 g/mol. The molecule has 0 aromatic carbocycles. The molecule has 118 valence electrons. The van der Waals surface area contributed by atoms with Gasteiger partial charge in [-0.25, -0.2) is 9.97 Å². The molecule has 0 radical (unpaired) electrons. The molecule has 6 heteroatoms. The van der Waals surface area contributed by atoms with Crippen molar-refractivity contribution in [1.29, 1.82) is 0 Å². The Morgan fingerprint density at radius 2 is 2.23 bits per heavy atom. The molecule has 0 atom stereocenters. The number of nitrogens with one attached hydrogen (secondary N) is 1. The average molecular weight is 319 g/mol. The molecule has 3 rings (SSSR count). The number of nitrogens with zero attached hydrogens (tertiary/aromatic N) is 2. The van der Waals surface area contributed by atoms with Crippen LogP contribution >= 0.6 is 11.3 Å². The first-order valence-electron chi connectivity index (χ1n) is 7.85. The van der Waals surface area contributed by atoms with Gasteiger partial charge in [0.2, 0.25) is 0 Å². The van der Waals surface area contributed by atoms with Crippen molar-refractivity contribution in [3.63, 3.8) is 0 Å². The second kappa shape index (κ2) is 7.05. The molecule has 1 aliphatic carbocycles. The van der Waals surface area contributed by atoms with Crippen LogP contribution in [0.1, 0.15) is 42.5 Å². The number of carbonyl (C=O) groups is 1. The smallest absolute Gasteiger partial charge is 0.305 e. The monoisotopic (exact) mass is 319 g/mol. The number of ether oxygens (including phenoxy) is 1. The van der Waals surface area contributed by atoms with E-state index in [4.69, 9.17) is 0 Å². The molecule has 0 spiro atoms. The van der Waals surface area contributed by atoms with Gasteiger partial charge in [0, 0.05) is 17.8 Å². The van der Waals surface area contributed by atoms with Crippen LogP contribution in [0.15, 0.2) is 6.33 Å². The summed E-state index contributed by atoms with van der Waals surface area (Å²) < 4.78 is 4.64. The summed E-state index contributed by atoms with van der Waals surface area (Å²) >= 11 is 1.81. The summed E-state index contributed by atoms with van der Waals surface area (Å²) in [7, 11) is 1.43. The molecule has 0 bridgehead atoms. The van der Waals surface area contributed by atoms with Crippen molar-refractivity contribution in [3.05, 3.63) is 16.8 Å². The first kappa shape index (κ1) is 15.2. The van der Waals surface area contributed by atoms with Crippen LogP contribution in [0.25, 0.3) is 10.2 Å². The fraction of sp³-hybridized carbons (Fsp3) is 0.562. The Morgan fingerprint density at radius 1 is 1.32 bits per heavy atom. The van der Waals surface area contributed by atoms with E-state index in [-0.39, 0.29) is 5.97 Å². The van der Waals surface area contributed by atoms with E-state index in [0.29, 0.717) is 6.42 Å². The molecule has 0 aliphatic heterocycles. The predicted molar refractivity (Wildman–Crippen MR) is 88.4 cm³/mol. The van der Waals surface area contributed by atoms with Gasteiger partial charge in [0.05, 0.1) is 12.5 Å². The van der Waals surface area contributed by atoms with Crippen LogP contribution < -0.4 is 5.32 Å². The summed E-state index contributed by atoms with van der Waals surface area (Å²) in [5, 5.41) is 4.68. The number of methoxy groups -OCH3 is 1. The number of anilines is 1. The van der Waals surface area contributed by atoms with E-state index in [9.17, 15) is 4.79 Å². The summed E-state index contributed by atoms with van der Waals surface area (Å²) in [6, 6.07) is 0. The summed E-state index contributed by atoms with van der Waals surface area (Å²) in [5.74, 6) is 0.844. The van der Waals surface area contributed by atoms with Crippen molar-refractivity contribution in [2.24, 2.45) is 0 Å². The third kappa shape index (κ3) is 3.21. The highest BCUT2D eigenvalue weighted by Gasteiger charge is 2.20. The van der Waals surface area contributed by atoms with E-state index < -0.39 is 0 Å². The Balaban J connectivity index is 1.55. The van der Waals surface area contributed by atoms with Crippen LogP contribution in [0.5, 0.6) is 0 Å². The third-order valence-corrected chi connectivity index (χ3v) is 5.28. The first-order valence-corrected chi connectivity index (χ1v) is 8.67. The van der Waals surface area contributed by atoms with Crippen molar-refractivity contribution >= 4 is 33.3 Å². The molecule has 2 heterocycles. The van der Waals surface area contributed by atoms with E-state index >= 15 is 0 Å². The van der Waals surface area contributed by atoms with Gasteiger partial charge in [-0.15, -0.1) is 11.3 Å². The van der Waals surface area contributed by atoms with Crippen LogP contribution in [0.3, 0.4) is 0 Å². The van der Waals surface area contributed by atoms with Gasteiger partial charge < -0.3 is 10.1 Å². The van der Waals surface area contributed by atoms with Gasteiger partial charge in [-0.2, -0.15) is 0 Å². The van der Waals surface area contributed by atoms with Crippen molar-refractivity contribution in [3.8, 4) is 0 Å². The number of fused-ring (bicyclic) bond motifs is 3. The molecule has 0 saturated carbocycles. The maximum Gasteiger partial charge on any atom is 0.305 e. The Morgan fingerprint density at radius 3 is 3.09 bits per heavy atom. The molecule has 0 unspecified atom stereocenters. The van der Waals surface area contributed by atoms with E-state index in [1.165, 1.54) is 35.8 Å². The van der Waals surface area contributed by atoms with Gasteiger partial charge in [-0.3, -0.25) is 4.79 Å². The Bertz CT molecular complexity index is 669. The van der Waals surface area contributed by atoms with E-state index in [0.717, 1.165) is 42.9 Å². The minimum Gasteiger partial charge on any atom is -0.469 e. The van der Waals surface area contributed by atoms with Crippen LogP contribution in [-0.2, 0) is 22.4 Å². The highest BCUT2D eigenvalue weighted by molar-refractivity contribution is 7.19. The normalized spacial score (nSPS) is 13.3. The number of hydrogen-bond acceptors (Lipinski definition) is 6. The molecule has 2 aromatic rings. The van der Waals surface area contributed by atoms with Crippen molar-refractivity contribution < 1.29 is 9.53 Å². The molecule has 5 nitrogen and oxygen atoms in total. The van der Waals surface area contributed by atoms with Crippen LogP contribution in [-0.4, -0.2) is 29.6 Å². The molecule has 0 fully saturated rings. The number of esters is 1. The highest BCUT2D eigenvalue weighted by atomic mass is 32.1. The molecule has 0 saturated heterocycles. The van der Waals surface area contributed by atoms with Gasteiger partial charge >= 0.3 is 5.97 Å². The standard InChI is InChI=1S/C16H21N3O2S/c1-21-13(20)8-3-2-4-9-17-15-14-11-6-5-7-12(11)22-16(14)19-10-18-15/h10H,2-9H2,1H3,(H,17,18,19). The average Bonchev–Trinajstić information content (AvgIpc) is 3.11. The zero-order valence-electron chi connectivity index (χ0n) is 12.9. The van der Waals surface area contributed by atoms with Crippen molar-refractivity contribution in [2.45, 2.75) is 44.9 Å². The maximum absolute atomic E-state index is 11.0. The quantitative estimate of drug-likeness (QED) is 0.626. The van der Waals surface area contributed by atoms with Gasteiger partial charge in [0.1, 0.15) is 17.0 Å². The number of hydrogen-bond donors (Lipinski definition) is 1. The van der Waals surface area contributed by atoms with Crippen molar-refractivity contribution in [2.75, 3.05) is 19.0 Å². The summed E-state index contributed by atoms with van der Waals surface area (Å²) in [6.45, 7) is 0.873. The molecule has 1 N–H and O–H groups in total. The fourth-order valence-electron chi connectivity index (χ4n) is 2.94. The minimum absolute atomic E-state index is 0.126. The van der Waals surface area contributed by atoms with Gasteiger partial charge in [-0.05, 0) is 37.7 Å². The van der Waals surface area contributed by atoms with E-state index in [1.54, 1.807) is 6.33 Å². The van der Waals surface area contributed by atoms with Crippen LogP contribution in [0.4, 0.5) is 5.82 Å². The Labute approximate surface area is 134 Å². The zero-order chi connectivity index (χ0) is 15.4. The highest BCUT2D eigenvalue weighted by Crippen LogP contribution is 2.38. The summed E-state index contributed by atoms with van der Waals surface area (Å²) in [5.41, 5.74) is 1.45. The second-order valence-electron chi connectivity index (χ2n) is 5.57. The summed E-state index contributed by atoms with van der Waals surface area (Å²) in [4.78, 5) is 22.5. The van der Waals surface area contributed by atoms with Crippen LogP contribution in [0.2, 0.25) is 0 Å². The SMILES string of the molecule is COC(=O)CCCCCNc1ncnc2sc3c(c12)CCC3. The number of aryl methyl sites for hydroxylation is 2. The third-order valence-electron chi connectivity index (χ3n) is 4.08. The Kier molecular flexibility index (Phi) is 4.87. The lowest BCUT2D eigenvalue weighted by atomic mass is 10.1. The lowest BCUT2D eigenvalue weighted by molar-refractivity contribution is -0.140. The number of carbonyl (C=O) groups excluding carboxylic acids is 1. The minimum atomic E-state index is -0.126. The number of thiophene rings is 1. The van der Waals surface area contributed by atoms with Gasteiger partial charge in [0.25, 0.3) is 0 Å². The second-order valence-corrected chi connectivity index (χ2v) is 6.66. The first-order chi connectivity index (χ1) is 10.8. The lowest BCUT2D eigenvalue weighted by Crippen LogP contribution is -2.05. The number of unbranched alkanes of at least 4 members (excludes halogenated alkanes) is 2. The number of rotatable bonds is 7. The zero-order valence-corrected chi connectivity index (χ0v) is 13.7. The number of aromatic nitrogens is 2. The molecule has 22 heavy (non-hydrogen) atoms. The summed E-state index contributed by atoms with van der Waals surface area (Å²) in [6.07, 6.45) is 8.65. The van der Waals surface area contributed by atoms with E-state index in [2.05, 4.69) is 20.0 Å². The van der Waals surface area contributed by atoms with E-state index in [1.807, 2.05) is 11.3 Å². The maximum atomic E-state index is 11.0. The topological polar surface area (TPSA) is 64.1 Å². The lowest BCUT2D eigenvalue weighted by Gasteiger charge is -2.07. The van der Waals surface area contributed by atoms with Gasteiger partial charge in [0.15, 0.2) is 0 Å². The molecular formula is C16H21N3O2S. The fourth-order valence-corrected chi connectivity index (χ4v) is 4.17.